The second-order valence-corrected chi connectivity index (χ2v) is 4.87. The van der Waals surface area contributed by atoms with E-state index < -0.39 is 5.97 Å². The molecule has 1 N–H and O–H groups in total. The molecule has 1 aromatic heterocycles. The van der Waals surface area contributed by atoms with Crippen LogP contribution in [0.4, 0.5) is 5.82 Å². The molecular weight excluding hydrogens is 262 g/mol. The van der Waals surface area contributed by atoms with Gasteiger partial charge in [0.2, 0.25) is 0 Å². The van der Waals surface area contributed by atoms with Crippen molar-refractivity contribution in [2.75, 3.05) is 24.6 Å². The minimum Gasteiger partial charge on any atom is -0.481 e. The van der Waals surface area contributed by atoms with Gasteiger partial charge in [-0.05, 0) is 12.8 Å². The Morgan fingerprint density at radius 1 is 1.50 bits per heavy atom. The molecule has 0 saturated carbocycles. The van der Waals surface area contributed by atoms with Crippen LogP contribution < -0.4 is 10.5 Å². The van der Waals surface area contributed by atoms with Crippen molar-refractivity contribution in [3.05, 3.63) is 22.7 Å². The number of aliphatic carboxylic acids is 1. The standard InChI is InChI=1S/C13H19N3O4/c1-15-8-5-14-12(13(15)19)16-6-2-10(3-7-16)20-9-4-11(17)18/h5,8,10H,2-4,6-7,9H2,1H3,(H,17,18). The van der Waals surface area contributed by atoms with Crippen LogP contribution in [0.25, 0.3) is 0 Å². The highest BCUT2D eigenvalue weighted by molar-refractivity contribution is 5.66. The van der Waals surface area contributed by atoms with Crippen LogP contribution in [0, 0.1) is 0 Å². The number of piperidine rings is 1. The second kappa shape index (κ2) is 6.51. The number of hydrogen-bond donors (Lipinski definition) is 1. The molecule has 7 nitrogen and oxygen atoms in total. The average Bonchev–Trinajstić information content (AvgIpc) is 2.42. The number of anilines is 1. The van der Waals surface area contributed by atoms with Crippen molar-refractivity contribution in [3.63, 3.8) is 0 Å². The summed E-state index contributed by atoms with van der Waals surface area (Å²) in [6.45, 7) is 1.64. The van der Waals surface area contributed by atoms with Gasteiger partial charge in [-0.25, -0.2) is 4.98 Å². The van der Waals surface area contributed by atoms with Gasteiger partial charge in [0.25, 0.3) is 5.56 Å². The van der Waals surface area contributed by atoms with Crippen LogP contribution in [0.5, 0.6) is 0 Å². The SMILES string of the molecule is Cn1ccnc(N2CCC(OCCC(=O)O)CC2)c1=O. The number of nitrogens with zero attached hydrogens (tertiary/aromatic N) is 3. The highest BCUT2D eigenvalue weighted by atomic mass is 16.5. The van der Waals surface area contributed by atoms with Gasteiger partial charge in [-0.3, -0.25) is 9.59 Å². The maximum Gasteiger partial charge on any atom is 0.305 e. The van der Waals surface area contributed by atoms with E-state index in [2.05, 4.69) is 4.98 Å². The van der Waals surface area contributed by atoms with Gasteiger partial charge in [-0.1, -0.05) is 0 Å². The maximum atomic E-state index is 12.0. The van der Waals surface area contributed by atoms with Crippen molar-refractivity contribution in [2.45, 2.75) is 25.4 Å². The Morgan fingerprint density at radius 3 is 2.85 bits per heavy atom. The molecular formula is C13H19N3O4. The molecule has 0 aromatic carbocycles. The van der Waals surface area contributed by atoms with Crippen LogP contribution in [-0.2, 0) is 16.6 Å². The minimum absolute atomic E-state index is 0.0288. The van der Waals surface area contributed by atoms with Gasteiger partial charge >= 0.3 is 5.97 Å². The molecule has 0 spiro atoms. The lowest BCUT2D eigenvalue weighted by molar-refractivity contribution is -0.138. The van der Waals surface area contributed by atoms with Gasteiger partial charge in [0.05, 0.1) is 19.1 Å². The fourth-order valence-electron chi connectivity index (χ4n) is 2.25. The van der Waals surface area contributed by atoms with E-state index in [-0.39, 0.29) is 24.7 Å². The summed E-state index contributed by atoms with van der Waals surface area (Å²) in [6, 6.07) is 0. The molecule has 0 amide bonds. The molecule has 1 saturated heterocycles. The largest absolute Gasteiger partial charge is 0.481 e. The normalized spacial score (nSPS) is 16.4. The summed E-state index contributed by atoms with van der Waals surface area (Å²) in [5, 5.41) is 8.56. The molecule has 7 heteroatoms. The monoisotopic (exact) mass is 281 g/mol. The predicted molar refractivity (Wildman–Crippen MR) is 72.9 cm³/mol. The Labute approximate surface area is 116 Å². The van der Waals surface area contributed by atoms with Crippen LogP contribution in [0.15, 0.2) is 17.2 Å². The Kier molecular flexibility index (Phi) is 4.73. The number of hydrogen-bond acceptors (Lipinski definition) is 5. The maximum absolute atomic E-state index is 12.0. The highest BCUT2D eigenvalue weighted by Gasteiger charge is 2.22. The Hall–Kier alpha value is -1.89. The topological polar surface area (TPSA) is 84.7 Å². The molecule has 0 radical (unpaired) electrons. The molecule has 20 heavy (non-hydrogen) atoms. The molecule has 0 aliphatic carbocycles. The number of carbonyl (C=O) groups is 1. The summed E-state index contributed by atoms with van der Waals surface area (Å²) >= 11 is 0. The zero-order chi connectivity index (χ0) is 14.5. The third-order valence-corrected chi connectivity index (χ3v) is 3.41. The first-order valence-electron chi connectivity index (χ1n) is 6.68. The van der Waals surface area contributed by atoms with Crippen molar-refractivity contribution in [1.82, 2.24) is 9.55 Å². The number of carboxylic acids is 1. The van der Waals surface area contributed by atoms with E-state index in [4.69, 9.17) is 9.84 Å². The summed E-state index contributed by atoms with van der Waals surface area (Å²) < 4.78 is 7.03. The molecule has 110 valence electrons. The van der Waals surface area contributed by atoms with Gasteiger partial charge in [0.1, 0.15) is 0 Å². The molecule has 0 atom stereocenters. The summed E-state index contributed by atoms with van der Waals surface area (Å²) in [5.74, 6) is -0.376. The molecule has 1 aromatic rings. The smallest absolute Gasteiger partial charge is 0.305 e. The first-order chi connectivity index (χ1) is 9.58. The van der Waals surface area contributed by atoms with Crippen LogP contribution >= 0.6 is 0 Å². The highest BCUT2D eigenvalue weighted by Crippen LogP contribution is 2.17. The molecule has 2 rings (SSSR count). The van der Waals surface area contributed by atoms with E-state index >= 15 is 0 Å². The Balaban J connectivity index is 1.86. The van der Waals surface area contributed by atoms with E-state index in [9.17, 15) is 9.59 Å². The Bertz CT molecular complexity index is 521. The van der Waals surface area contributed by atoms with E-state index in [1.165, 1.54) is 4.57 Å². The molecule has 0 bridgehead atoms. The predicted octanol–water partition coefficient (Wildman–Crippen LogP) is 0.240. The summed E-state index contributed by atoms with van der Waals surface area (Å²) in [7, 11) is 1.70. The third kappa shape index (κ3) is 3.57. The molecule has 1 fully saturated rings. The zero-order valence-electron chi connectivity index (χ0n) is 11.5. The van der Waals surface area contributed by atoms with Crippen molar-refractivity contribution in [2.24, 2.45) is 7.05 Å². The number of aromatic nitrogens is 2. The first kappa shape index (κ1) is 14.5. The van der Waals surface area contributed by atoms with E-state index in [0.29, 0.717) is 18.9 Å². The zero-order valence-corrected chi connectivity index (χ0v) is 11.5. The number of aryl methyl sites for hydroxylation is 1. The number of ether oxygens (including phenoxy) is 1. The third-order valence-electron chi connectivity index (χ3n) is 3.41. The molecule has 0 unspecified atom stereocenters. The lowest BCUT2D eigenvalue weighted by Gasteiger charge is -2.32. The molecule has 1 aliphatic rings. The lowest BCUT2D eigenvalue weighted by atomic mass is 10.1. The van der Waals surface area contributed by atoms with E-state index in [0.717, 1.165) is 12.8 Å². The summed E-state index contributed by atoms with van der Waals surface area (Å²) in [6.07, 6.45) is 4.90. The van der Waals surface area contributed by atoms with Crippen molar-refractivity contribution < 1.29 is 14.6 Å². The number of carboxylic acid groups (broad SMARTS) is 1. The molecule has 2 heterocycles. The fourth-order valence-corrected chi connectivity index (χ4v) is 2.25. The second-order valence-electron chi connectivity index (χ2n) is 4.87. The van der Waals surface area contributed by atoms with Gasteiger partial charge in [0, 0.05) is 32.5 Å². The Morgan fingerprint density at radius 2 is 2.20 bits per heavy atom. The van der Waals surface area contributed by atoms with Crippen LogP contribution in [0.3, 0.4) is 0 Å². The quantitative estimate of drug-likeness (QED) is 0.832. The van der Waals surface area contributed by atoms with Crippen LogP contribution in [0.1, 0.15) is 19.3 Å². The average molecular weight is 281 g/mol. The van der Waals surface area contributed by atoms with E-state index in [1.807, 2.05) is 4.90 Å². The van der Waals surface area contributed by atoms with Crippen molar-refractivity contribution in [1.29, 1.82) is 0 Å². The van der Waals surface area contributed by atoms with Crippen molar-refractivity contribution in [3.8, 4) is 0 Å². The van der Waals surface area contributed by atoms with Crippen LogP contribution in [0.2, 0.25) is 0 Å². The van der Waals surface area contributed by atoms with E-state index in [1.54, 1.807) is 19.4 Å². The lowest BCUT2D eigenvalue weighted by Crippen LogP contribution is -2.41. The van der Waals surface area contributed by atoms with Gasteiger partial charge < -0.3 is 19.3 Å². The summed E-state index contributed by atoms with van der Waals surface area (Å²) in [5.41, 5.74) is -0.0993. The van der Waals surface area contributed by atoms with Crippen LogP contribution in [-0.4, -0.2) is 46.4 Å². The fraction of sp³-hybridized carbons (Fsp3) is 0.615. The van der Waals surface area contributed by atoms with Crippen molar-refractivity contribution >= 4 is 11.8 Å². The van der Waals surface area contributed by atoms with Gasteiger partial charge in [-0.15, -0.1) is 0 Å². The first-order valence-corrected chi connectivity index (χ1v) is 6.68. The number of rotatable bonds is 5. The van der Waals surface area contributed by atoms with Gasteiger partial charge in [0.15, 0.2) is 5.82 Å². The van der Waals surface area contributed by atoms with Gasteiger partial charge in [-0.2, -0.15) is 0 Å². The summed E-state index contributed by atoms with van der Waals surface area (Å²) in [4.78, 5) is 28.5. The minimum atomic E-state index is -0.848. The molecule has 1 aliphatic heterocycles.